The number of carbonyl (C=O) groups excluding carboxylic acids is 1. The zero-order valence-corrected chi connectivity index (χ0v) is 11.1. The highest BCUT2D eigenvalue weighted by Crippen LogP contribution is 2.31. The van der Waals surface area contributed by atoms with Crippen LogP contribution < -0.4 is 5.32 Å². The van der Waals surface area contributed by atoms with Crippen LogP contribution in [0.25, 0.3) is 0 Å². The summed E-state index contributed by atoms with van der Waals surface area (Å²) in [4.78, 5) is 10.2. The number of halogens is 2. The number of hydrogen-bond acceptors (Lipinski definition) is 2. The van der Waals surface area contributed by atoms with Crippen molar-refractivity contribution in [3.63, 3.8) is 0 Å². The molecule has 0 heterocycles. The largest absolute Gasteiger partial charge is 0.309 e. The summed E-state index contributed by atoms with van der Waals surface area (Å²) in [6.07, 6.45) is 0.799. The van der Waals surface area contributed by atoms with Crippen molar-refractivity contribution in [2.75, 3.05) is 13.1 Å². The van der Waals surface area contributed by atoms with Crippen LogP contribution in [-0.2, 0) is 10.2 Å². The van der Waals surface area contributed by atoms with Crippen molar-refractivity contribution in [3.8, 4) is 0 Å². The Bertz CT molecular complexity index is 418. The van der Waals surface area contributed by atoms with Crippen molar-refractivity contribution in [2.24, 2.45) is 0 Å². The second kappa shape index (κ2) is 5.61. The molecule has 1 rings (SSSR count). The molecule has 0 unspecified atom stereocenters. The maximum absolute atomic E-state index is 13.5. The van der Waals surface area contributed by atoms with Crippen molar-refractivity contribution in [1.82, 2.24) is 5.32 Å². The van der Waals surface area contributed by atoms with E-state index in [1.807, 2.05) is 13.8 Å². The summed E-state index contributed by atoms with van der Waals surface area (Å²) in [6.45, 7) is 6.45. The Morgan fingerprint density at radius 2 is 2.12 bits per heavy atom. The van der Waals surface area contributed by atoms with Crippen LogP contribution in [0.3, 0.4) is 0 Å². The number of carbonyl (C=O) groups is 1. The number of aryl methyl sites for hydroxylation is 1. The molecule has 0 radical (unpaired) electrons. The smallest absolute Gasteiger partial charge is 0.133 e. The van der Waals surface area contributed by atoms with Crippen molar-refractivity contribution < 1.29 is 9.18 Å². The second-order valence-corrected chi connectivity index (χ2v) is 5.17. The van der Waals surface area contributed by atoms with E-state index in [-0.39, 0.29) is 17.8 Å². The van der Waals surface area contributed by atoms with E-state index in [1.165, 1.54) is 6.07 Å². The summed E-state index contributed by atoms with van der Waals surface area (Å²) in [7, 11) is 0. The predicted octanol–water partition coefficient (Wildman–Crippen LogP) is 2.85. The normalized spacial score (nSPS) is 11.6. The van der Waals surface area contributed by atoms with Crippen molar-refractivity contribution in [1.29, 1.82) is 0 Å². The number of aldehydes is 1. The van der Waals surface area contributed by atoms with E-state index in [0.29, 0.717) is 17.1 Å². The summed E-state index contributed by atoms with van der Waals surface area (Å²) in [6, 6.07) is 3.11. The predicted molar refractivity (Wildman–Crippen MR) is 68.1 cm³/mol. The van der Waals surface area contributed by atoms with Crippen molar-refractivity contribution in [2.45, 2.75) is 26.2 Å². The minimum atomic E-state index is -0.325. The van der Waals surface area contributed by atoms with Crippen LogP contribution in [0, 0.1) is 12.7 Å². The number of nitrogens with one attached hydrogen (secondary N) is 1. The van der Waals surface area contributed by atoms with Crippen LogP contribution in [0.4, 0.5) is 4.39 Å². The molecule has 0 saturated heterocycles. The molecule has 17 heavy (non-hydrogen) atoms. The van der Waals surface area contributed by atoms with Crippen LogP contribution in [0.5, 0.6) is 0 Å². The average Bonchev–Trinajstić information content (AvgIpc) is 2.23. The van der Waals surface area contributed by atoms with Crippen LogP contribution in [0.2, 0.25) is 5.02 Å². The summed E-state index contributed by atoms with van der Waals surface area (Å²) in [5.41, 5.74) is 0.963. The lowest BCUT2D eigenvalue weighted by molar-refractivity contribution is -0.107. The highest BCUT2D eigenvalue weighted by atomic mass is 35.5. The third-order valence-electron chi connectivity index (χ3n) is 2.77. The first-order valence-electron chi connectivity index (χ1n) is 5.49. The Labute approximate surface area is 106 Å². The molecule has 0 spiro atoms. The molecule has 1 N–H and O–H groups in total. The molecule has 0 aliphatic heterocycles. The van der Waals surface area contributed by atoms with Gasteiger partial charge in [-0.25, -0.2) is 4.39 Å². The van der Waals surface area contributed by atoms with E-state index in [0.717, 1.165) is 11.8 Å². The zero-order valence-electron chi connectivity index (χ0n) is 10.3. The monoisotopic (exact) mass is 257 g/mol. The van der Waals surface area contributed by atoms with Gasteiger partial charge in [-0.2, -0.15) is 0 Å². The summed E-state index contributed by atoms with van der Waals surface area (Å²) in [5, 5.41) is 3.54. The Kier molecular flexibility index (Phi) is 4.66. The van der Waals surface area contributed by atoms with Crippen LogP contribution >= 0.6 is 11.6 Å². The maximum Gasteiger partial charge on any atom is 0.133 e. The fourth-order valence-electron chi connectivity index (χ4n) is 1.70. The molecule has 0 amide bonds. The molecule has 0 aliphatic carbocycles. The van der Waals surface area contributed by atoms with Gasteiger partial charge in [0.05, 0.1) is 6.54 Å². The first-order chi connectivity index (χ1) is 7.88. The molecular formula is C13H17ClFNO. The molecular weight excluding hydrogens is 241 g/mol. The Balaban J connectivity index is 2.97. The third kappa shape index (κ3) is 3.51. The quantitative estimate of drug-likeness (QED) is 0.649. The molecule has 0 bridgehead atoms. The number of benzene rings is 1. The van der Waals surface area contributed by atoms with Gasteiger partial charge in [-0.15, -0.1) is 0 Å². The summed E-state index contributed by atoms with van der Waals surface area (Å²) < 4.78 is 13.5. The van der Waals surface area contributed by atoms with Crippen LogP contribution in [-0.4, -0.2) is 19.4 Å². The number of hydrogen-bond donors (Lipinski definition) is 1. The lowest BCUT2D eigenvalue weighted by Gasteiger charge is -2.27. The lowest BCUT2D eigenvalue weighted by Crippen LogP contribution is -2.34. The van der Waals surface area contributed by atoms with Crippen LogP contribution in [0.1, 0.15) is 25.0 Å². The highest BCUT2D eigenvalue weighted by Gasteiger charge is 2.24. The van der Waals surface area contributed by atoms with Gasteiger partial charge in [-0.05, 0) is 30.2 Å². The van der Waals surface area contributed by atoms with Gasteiger partial charge in [-0.3, -0.25) is 0 Å². The van der Waals surface area contributed by atoms with Gasteiger partial charge in [-0.1, -0.05) is 25.4 Å². The topological polar surface area (TPSA) is 29.1 Å². The van der Waals surface area contributed by atoms with Gasteiger partial charge in [0, 0.05) is 17.0 Å². The summed E-state index contributed by atoms with van der Waals surface area (Å²) in [5.74, 6) is -0.257. The standard InChI is InChI=1S/C13H17ClFNO/c1-9-6-11(14)10(7-12(9)15)13(2,3)8-16-4-5-17/h5-7,16H,4,8H2,1-3H3. The molecule has 0 saturated carbocycles. The van der Waals surface area contributed by atoms with Gasteiger partial charge in [0.25, 0.3) is 0 Å². The van der Waals surface area contributed by atoms with Crippen LogP contribution in [0.15, 0.2) is 12.1 Å². The molecule has 2 nitrogen and oxygen atoms in total. The fourth-order valence-corrected chi connectivity index (χ4v) is 2.18. The maximum atomic E-state index is 13.5. The molecule has 0 atom stereocenters. The zero-order chi connectivity index (χ0) is 13.1. The summed E-state index contributed by atoms with van der Waals surface area (Å²) >= 11 is 6.13. The van der Waals surface area contributed by atoms with E-state index < -0.39 is 0 Å². The van der Waals surface area contributed by atoms with E-state index in [4.69, 9.17) is 11.6 Å². The van der Waals surface area contributed by atoms with E-state index in [9.17, 15) is 9.18 Å². The van der Waals surface area contributed by atoms with Crippen molar-refractivity contribution in [3.05, 3.63) is 34.1 Å². The second-order valence-electron chi connectivity index (χ2n) is 4.76. The van der Waals surface area contributed by atoms with Gasteiger partial charge >= 0.3 is 0 Å². The minimum Gasteiger partial charge on any atom is -0.309 e. The lowest BCUT2D eigenvalue weighted by atomic mass is 9.84. The van der Waals surface area contributed by atoms with E-state index in [1.54, 1.807) is 13.0 Å². The van der Waals surface area contributed by atoms with Gasteiger partial charge < -0.3 is 10.1 Å². The minimum absolute atomic E-state index is 0.257. The van der Waals surface area contributed by atoms with Crippen molar-refractivity contribution >= 4 is 17.9 Å². The molecule has 0 fully saturated rings. The van der Waals surface area contributed by atoms with E-state index in [2.05, 4.69) is 5.32 Å². The molecule has 4 heteroatoms. The third-order valence-corrected chi connectivity index (χ3v) is 3.08. The Morgan fingerprint density at radius 3 is 2.71 bits per heavy atom. The van der Waals surface area contributed by atoms with E-state index >= 15 is 0 Å². The molecule has 0 aromatic heterocycles. The fraction of sp³-hybridized carbons (Fsp3) is 0.462. The molecule has 1 aromatic carbocycles. The molecule has 1 aromatic rings. The average molecular weight is 258 g/mol. The Morgan fingerprint density at radius 1 is 1.47 bits per heavy atom. The van der Waals surface area contributed by atoms with Gasteiger partial charge in [0.1, 0.15) is 12.1 Å². The highest BCUT2D eigenvalue weighted by molar-refractivity contribution is 6.31. The number of rotatable bonds is 5. The molecule has 94 valence electrons. The first kappa shape index (κ1) is 14.1. The van der Waals surface area contributed by atoms with Gasteiger partial charge in [0.2, 0.25) is 0 Å². The SMILES string of the molecule is Cc1cc(Cl)c(C(C)(C)CNCC=O)cc1F. The first-order valence-corrected chi connectivity index (χ1v) is 5.87. The Hall–Kier alpha value is -0.930. The molecule has 0 aliphatic rings. The van der Waals surface area contributed by atoms with Gasteiger partial charge in [0.15, 0.2) is 0 Å².